The Morgan fingerprint density at radius 3 is 2.25 bits per heavy atom. The van der Waals surface area contributed by atoms with Gasteiger partial charge in [-0.25, -0.2) is 0 Å². The summed E-state index contributed by atoms with van der Waals surface area (Å²) in [5.74, 6) is 0. The van der Waals surface area contributed by atoms with Gasteiger partial charge in [-0.1, -0.05) is 12.2 Å². The maximum absolute atomic E-state index is 4.87. The van der Waals surface area contributed by atoms with E-state index in [1.54, 1.807) is 0 Å². The lowest BCUT2D eigenvalue weighted by atomic mass is 10.8. The molecule has 0 saturated carbocycles. The molecule has 0 bridgehead atoms. The van der Waals surface area contributed by atoms with Crippen LogP contribution in [0.15, 0.2) is 0 Å². The van der Waals surface area contributed by atoms with Crippen molar-refractivity contribution in [2.45, 2.75) is 0 Å². The van der Waals surface area contributed by atoms with E-state index >= 15 is 0 Å². The molecule has 24 valence electrons. The molecule has 0 aromatic heterocycles. The Morgan fingerprint density at radius 1 is 2.00 bits per heavy atom. The first-order valence-electron chi connectivity index (χ1n) is 1.05. The predicted molar refractivity (Wildman–Crippen MR) is 22.7 cm³/mol. The van der Waals surface area contributed by atoms with Crippen LogP contribution in [0.25, 0.3) is 0 Å². The number of rotatable bonds is 1. The normalized spacial score (nSPS) is 6.25. The SMILES string of the molecule is NCC=S. The third-order valence-corrected chi connectivity index (χ3v) is 0.289. The van der Waals surface area contributed by atoms with E-state index in [1.807, 2.05) is 0 Å². The van der Waals surface area contributed by atoms with E-state index < -0.39 is 0 Å². The van der Waals surface area contributed by atoms with E-state index in [-0.39, 0.29) is 0 Å². The zero-order chi connectivity index (χ0) is 3.41. The van der Waals surface area contributed by atoms with Crippen molar-refractivity contribution >= 4 is 17.6 Å². The highest BCUT2D eigenvalue weighted by Gasteiger charge is 1.46. The molecule has 0 saturated heterocycles. The molecular weight excluding hydrogens is 70.1 g/mol. The van der Waals surface area contributed by atoms with Gasteiger partial charge in [-0.15, -0.1) is 0 Å². The van der Waals surface area contributed by atoms with Crippen molar-refractivity contribution in [2.75, 3.05) is 6.54 Å². The van der Waals surface area contributed by atoms with E-state index in [9.17, 15) is 0 Å². The number of hydrogen-bond donors (Lipinski definition) is 1. The second kappa shape index (κ2) is 3.05. The zero-order valence-corrected chi connectivity index (χ0v) is 3.09. The molecule has 0 atom stereocenters. The Hall–Kier alpha value is 0.0500. The Balaban J connectivity index is 2.30. The molecule has 0 unspecified atom stereocenters. The lowest BCUT2D eigenvalue weighted by Gasteiger charge is -1.58. The maximum atomic E-state index is 4.87. The molecule has 0 aromatic carbocycles. The second-order valence-corrected chi connectivity index (χ2v) is 0.736. The summed E-state index contributed by atoms with van der Waals surface area (Å²) in [4.78, 5) is 0. The third kappa shape index (κ3) is 2.05. The minimum atomic E-state index is 0.509. The lowest BCUT2D eigenvalue weighted by Crippen LogP contribution is -1.95. The molecule has 0 spiro atoms. The molecule has 0 aromatic rings. The van der Waals surface area contributed by atoms with Crippen LogP contribution in [0.1, 0.15) is 0 Å². The molecule has 0 amide bonds. The van der Waals surface area contributed by atoms with Crippen LogP contribution >= 0.6 is 12.2 Å². The molecule has 2 N–H and O–H groups in total. The summed E-state index contributed by atoms with van der Waals surface area (Å²) in [6.07, 6.45) is 0. The van der Waals surface area contributed by atoms with Gasteiger partial charge in [0, 0.05) is 6.54 Å². The van der Waals surface area contributed by atoms with Gasteiger partial charge in [0.15, 0.2) is 0 Å². The summed E-state index contributed by atoms with van der Waals surface area (Å²) in [6, 6.07) is 0. The zero-order valence-electron chi connectivity index (χ0n) is 2.27. The summed E-state index contributed by atoms with van der Waals surface area (Å²) in [6.45, 7) is 0.509. The van der Waals surface area contributed by atoms with E-state index in [0.717, 1.165) is 0 Å². The van der Waals surface area contributed by atoms with Gasteiger partial charge in [0.2, 0.25) is 0 Å². The van der Waals surface area contributed by atoms with E-state index in [0.29, 0.717) is 6.54 Å². The molecule has 0 aliphatic heterocycles. The summed E-state index contributed by atoms with van der Waals surface area (Å²) < 4.78 is 0. The van der Waals surface area contributed by atoms with Crippen molar-refractivity contribution in [3.05, 3.63) is 0 Å². The molecule has 0 fully saturated rings. The van der Waals surface area contributed by atoms with Gasteiger partial charge in [0.25, 0.3) is 0 Å². The van der Waals surface area contributed by atoms with Gasteiger partial charge in [-0.05, 0) is 5.37 Å². The molecule has 2 heteroatoms. The number of thiocarbonyl (C=S) groups is 1. The Morgan fingerprint density at radius 2 is 2.25 bits per heavy atom. The second-order valence-electron chi connectivity index (χ2n) is 0.402. The van der Waals surface area contributed by atoms with Gasteiger partial charge in [-0.2, -0.15) is 0 Å². The van der Waals surface area contributed by atoms with Crippen LogP contribution in [0.5, 0.6) is 0 Å². The molecule has 0 heterocycles. The van der Waals surface area contributed by atoms with Gasteiger partial charge >= 0.3 is 0 Å². The monoisotopic (exact) mass is 75.0 g/mol. The smallest absolute Gasteiger partial charge is 0.0211 e. The quantitative estimate of drug-likeness (QED) is 0.442. The molecule has 0 aliphatic carbocycles. The number of hydrogen-bond acceptors (Lipinski definition) is 2. The van der Waals surface area contributed by atoms with Crippen molar-refractivity contribution in [3.8, 4) is 0 Å². The third-order valence-electron chi connectivity index (χ3n) is 0.0962. The van der Waals surface area contributed by atoms with Crippen LogP contribution in [0, 0.1) is 0 Å². The van der Waals surface area contributed by atoms with E-state index in [1.165, 1.54) is 5.37 Å². The highest BCUT2D eigenvalue weighted by atomic mass is 32.1. The molecule has 0 radical (unpaired) electrons. The average molecular weight is 75.1 g/mol. The van der Waals surface area contributed by atoms with E-state index in [2.05, 4.69) is 12.2 Å². The average Bonchev–Trinajstić information content (AvgIpc) is 1.37. The van der Waals surface area contributed by atoms with Gasteiger partial charge in [0.05, 0.1) is 0 Å². The summed E-state index contributed by atoms with van der Waals surface area (Å²) in [5, 5.41) is 1.49. The highest BCUT2D eigenvalue weighted by Crippen LogP contribution is 1.34. The fourth-order valence-electron chi connectivity index (χ4n) is 0. The summed E-state index contributed by atoms with van der Waals surface area (Å²) >= 11 is 4.30. The van der Waals surface area contributed by atoms with Crippen LogP contribution in [-0.4, -0.2) is 11.9 Å². The van der Waals surface area contributed by atoms with Crippen molar-refractivity contribution in [3.63, 3.8) is 0 Å². The molecule has 4 heavy (non-hydrogen) atoms. The first-order valence-corrected chi connectivity index (χ1v) is 1.52. The topological polar surface area (TPSA) is 26.0 Å². The lowest BCUT2D eigenvalue weighted by molar-refractivity contribution is 1.36. The molecular formula is C2H5NS. The first kappa shape index (κ1) is 4.05. The maximum Gasteiger partial charge on any atom is 0.0211 e. The van der Waals surface area contributed by atoms with Crippen molar-refractivity contribution in [2.24, 2.45) is 5.73 Å². The predicted octanol–water partition coefficient (Wildman–Crippen LogP) is -0.0552. The van der Waals surface area contributed by atoms with Crippen LogP contribution in [-0.2, 0) is 0 Å². The van der Waals surface area contributed by atoms with Crippen LogP contribution in [0.3, 0.4) is 0 Å². The van der Waals surface area contributed by atoms with Crippen LogP contribution in [0.2, 0.25) is 0 Å². The molecule has 0 rings (SSSR count). The van der Waals surface area contributed by atoms with Crippen LogP contribution in [0.4, 0.5) is 0 Å². The largest absolute Gasteiger partial charge is 0.326 e. The minimum Gasteiger partial charge on any atom is -0.326 e. The van der Waals surface area contributed by atoms with Gasteiger partial charge in [-0.3, -0.25) is 0 Å². The van der Waals surface area contributed by atoms with Crippen molar-refractivity contribution in [1.29, 1.82) is 0 Å². The van der Waals surface area contributed by atoms with Crippen molar-refractivity contribution in [1.82, 2.24) is 0 Å². The van der Waals surface area contributed by atoms with Crippen molar-refractivity contribution < 1.29 is 0 Å². The minimum absolute atomic E-state index is 0.509. The molecule has 0 aliphatic rings. The first-order chi connectivity index (χ1) is 1.91. The summed E-state index contributed by atoms with van der Waals surface area (Å²) in [7, 11) is 0. The van der Waals surface area contributed by atoms with Gasteiger partial charge in [0.1, 0.15) is 0 Å². The Labute approximate surface area is 30.8 Å². The van der Waals surface area contributed by atoms with Gasteiger partial charge < -0.3 is 5.73 Å². The Bertz CT molecular complexity index is 20.0. The highest BCUT2D eigenvalue weighted by molar-refractivity contribution is 7.79. The van der Waals surface area contributed by atoms with E-state index in [4.69, 9.17) is 5.73 Å². The Kier molecular flexibility index (Phi) is 3.09. The fourth-order valence-corrected chi connectivity index (χ4v) is 0. The fraction of sp³-hybridized carbons (Fsp3) is 0.500. The number of nitrogens with two attached hydrogens (primary N) is 1. The standard InChI is InChI=1S/C2H5NS/c3-1-2-4/h2H,1,3H2. The van der Waals surface area contributed by atoms with Crippen LogP contribution < -0.4 is 5.73 Å². The molecule has 1 nitrogen and oxygen atoms in total. The summed E-state index contributed by atoms with van der Waals surface area (Å²) in [5.41, 5.74) is 4.87.